The maximum atomic E-state index is 12.7. The second-order valence-electron chi connectivity index (χ2n) is 3.51. The molecule has 1 aromatic carbocycles. The highest BCUT2D eigenvalue weighted by Crippen LogP contribution is 2.37. The monoisotopic (exact) mass is 287 g/mol. The average Bonchev–Trinajstić information content (AvgIpc) is 2.14. The van der Waals surface area contributed by atoms with Crippen molar-refractivity contribution < 1.29 is 21.6 Å². The SMILES string of the molecule is CN(C)c1ccc(S(=O)(=O)Cl)cc1C(F)(F)F. The molecule has 0 aromatic heterocycles. The predicted octanol–water partition coefficient (Wildman–Crippen LogP) is 2.70. The number of halogens is 4. The summed E-state index contributed by atoms with van der Waals surface area (Å²) in [5.41, 5.74) is -1.16. The van der Waals surface area contributed by atoms with E-state index < -0.39 is 25.7 Å². The zero-order chi connectivity index (χ0) is 13.4. The van der Waals surface area contributed by atoms with Gasteiger partial charge in [-0.1, -0.05) is 0 Å². The standard InChI is InChI=1S/C9H9ClF3NO2S/c1-14(2)8-4-3-6(17(10,15)16)5-7(8)9(11,12)13/h3-5H,1-2H3. The highest BCUT2D eigenvalue weighted by Gasteiger charge is 2.35. The van der Waals surface area contributed by atoms with Gasteiger partial charge in [-0.2, -0.15) is 13.2 Å². The van der Waals surface area contributed by atoms with Gasteiger partial charge in [-0.15, -0.1) is 0 Å². The first-order valence-electron chi connectivity index (χ1n) is 4.36. The molecule has 96 valence electrons. The minimum atomic E-state index is -4.64. The van der Waals surface area contributed by atoms with Gasteiger partial charge in [0.25, 0.3) is 9.05 Å². The van der Waals surface area contributed by atoms with Crippen LogP contribution in [-0.4, -0.2) is 22.5 Å². The Morgan fingerprint density at radius 1 is 1.24 bits per heavy atom. The molecule has 1 aromatic rings. The molecule has 1 rings (SSSR count). The fourth-order valence-corrected chi connectivity index (χ4v) is 2.06. The molecule has 8 heteroatoms. The van der Waals surface area contributed by atoms with E-state index in [1.807, 2.05) is 0 Å². The molecule has 0 heterocycles. The zero-order valence-electron chi connectivity index (χ0n) is 8.92. The Morgan fingerprint density at radius 3 is 2.12 bits per heavy atom. The van der Waals surface area contributed by atoms with E-state index in [4.69, 9.17) is 10.7 Å². The van der Waals surface area contributed by atoms with Crippen molar-refractivity contribution in [1.82, 2.24) is 0 Å². The lowest BCUT2D eigenvalue weighted by Gasteiger charge is -2.19. The molecule has 0 spiro atoms. The van der Waals surface area contributed by atoms with Gasteiger partial charge in [0.1, 0.15) is 0 Å². The Labute approximate surface area is 101 Å². The number of nitrogens with zero attached hydrogens (tertiary/aromatic N) is 1. The molecule has 0 aliphatic heterocycles. The summed E-state index contributed by atoms with van der Waals surface area (Å²) < 4.78 is 60.1. The van der Waals surface area contributed by atoms with Gasteiger partial charge >= 0.3 is 6.18 Å². The number of benzene rings is 1. The molecule has 3 nitrogen and oxygen atoms in total. The van der Waals surface area contributed by atoms with Crippen LogP contribution in [0, 0.1) is 0 Å². The summed E-state index contributed by atoms with van der Waals surface area (Å²) in [6.45, 7) is 0. The molecule has 0 N–H and O–H groups in total. The van der Waals surface area contributed by atoms with Gasteiger partial charge in [-0.05, 0) is 18.2 Å². The molecule has 0 aliphatic carbocycles. The van der Waals surface area contributed by atoms with E-state index >= 15 is 0 Å². The molecule has 0 bridgehead atoms. The van der Waals surface area contributed by atoms with Crippen LogP contribution in [0.1, 0.15) is 5.56 Å². The first-order valence-corrected chi connectivity index (χ1v) is 6.67. The van der Waals surface area contributed by atoms with Crippen molar-refractivity contribution in [3.8, 4) is 0 Å². The van der Waals surface area contributed by atoms with E-state index in [0.717, 1.165) is 12.1 Å². The molecule has 17 heavy (non-hydrogen) atoms. The smallest absolute Gasteiger partial charge is 0.377 e. The van der Waals surface area contributed by atoms with Gasteiger partial charge in [0.15, 0.2) is 0 Å². The van der Waals surface area contributed by atoms with Crippen molar-refractivity contribution in [2.75, 3.05) is 19.0 Å². The van der Waals surface area contributed by atoms with Crippen molar-refractivity contribution >= 4 is 25.4 Å². The van der Waals surface area contributed by atoms with E-state index in [2.05, 4.69) is 0 Å². The molecule has 0 radical (unpaired) electrons. The summed E-state index contributed by atoms with van der Waals surface area (Å²) >= 11 is 0. The van der Waals surface area contributed by atoms with Crippen LogP contribution in [0.15, 0.2) is 23.1 Å². The molecule has 0 fully saturated rings. The minimum Gasteiger partial charge on any atom is -0.377 e. The van der Waals surface area contributed by atoms with Crippen LogP contribution in [-0.2, 0) is 15.2 Å². The van der Waals surface area contributed by atoms with Gasteiger partial charge in [0.05, 0.1) is 10.5 Å². The minimum absolute atomic E-state index is 0.124. The summed E-state index contributed by atoms with van der Waals surface area (Å²) in [7, 11) is 3.69. The average molecular weight is 288 g/mol. The van der Waals surface area contributed by atoms with Gasteiger partial charge < -0.3 is 4.90 Å². The van der Waals surface area contributed by atoms with Gasteiger partial charge in [0, 0.05) is 30.5 Å². The third kappa shape index (κ3) is 3.26. The summed E-state index contributed by atoms with van der Waals surface area (Å²) in [5.74, 6) is 0. The second kappa shape index (κ2) is 4.38. The van der Waals surface area contributed by atoms with Crippen LogP contribution >= 0.6 is 10.7 Å². The first kappa shape index (κ1) is 14.1. The number of anilines is 1. The number of hydrogen-bond acceptors (Lipinski definition) is 3. The van der Waals surface area contributed by atoms with Crippen LogP contribution in [0.4, 0.5) is 18.9 Å². The van der Waals surface area contributed by atoms with Crippen molar-refractivity contribution in [3.63, 3.8) is 0 Å². The lowest BCUT2D eigenvalue weighted by molar-refractivity contribution is -0.137. The maximum Gasteiger partial charge on any atom is 0.418 e. The van der Waals surface area contributed by atoms with E-state index in [9.17, 15) is 21.6 Å². The topological polar surface area (TPSA) is 37.4 Å². The fraction of sp³-hybridized carbons (Fsp3) is 0.333. The Kier molecular flexibility index (Phi) is 3.63. The van der Waals surface area contributed by atoms with E-state index in [0.29, 0.717) is 6.07 Å². The molecular formula is C9H9ClF3NO2S. The van der Waals surface area contributed by atoms with Crippen LogP contribution in [0.3, 0.4) is 0 Å². The summed E-state index contributed by atoms with van der Waals surface area (Å²) in [5, 5.41) is 0. The number of rotatable bonds is 2. The lowest BCUT2D eigenvalue weighted by Crippen LogP contribution is -2.17. The third-order valence-electron chi connectivity index (χ3n) is 2.04. The van der Waals surface area contributed by atoms with E-state index in [1.54, 1.807) is 0 Å². The summed E-state index contributed by atoms with van der Waals surface area (Å²) in [6.07, 6.45) is -4.64. The van der Waals surface area contributed by atoms with Crippen LogP contribution in [0.5, 0.6) is 0 Å². The highest BCUT2D eigenvalue weighted by atomic mass is 35.7. The highest BCUT2D eigenvalue weighted by molar-refractivity contribution is 8.13. The van der Waals surface area contributed by atoms with Gasteiger partial charge in [0.2, 0.25) is 0 Å². The molecule has 0 aliphatic rings. The molecule has 0 unspecified atom stereocenters. The maximum absolute atomic E-state index is 12.7. The molecule has 0 saturated heterocycles. The van der Waals surface area contributed by atoms with E-state index in [-0.39, 0.29) is 5.69 Å². The fourth-order valence-electron chi connectivity index (χ4n) is 1.28. The van der Waals surface area contributed by atoms with Crippen LogP contribution in [0.2, 0.25) is 0 Å². The van der Waals surface area contributed by atoms with Crippen molar-refractivity contribution in [2.45, 2.75) is 11.1 Å². The van der Waals surface area contributed by atoms with Crippen LogP contribution < -0.4 is 4.90 Å². The number of alkyl halides is 3. The lowest BCUT2D eigenvalue weighted by atomic mass is 10.1. The molecule has 0 atom stereocenters. The Hall–Kier alpha value is -0.950. The number of hydrogen-bond donors (Lipinski definition) is 0. The normalized spacial score (nSPS) is 12.6. The molecular weight excluding hydrogens is 279 g/mol. The van der Waals surface area contributed by atoms with Crippen molar-refractivity contribution in [3.05, 3.63) is 23.8 Å². The predicted molar refractivity (Wildman–Crippen MR) is 58.8 cm³/mol. The largest absolute Gasteiger partial charge is 0.418 e. The van der Waals surface area contributed by atoms with E-state index in [1.165, 1.54) is 19.0 Å². The Bertz CT molecular complexity index is 526. The first-order chi connectivity index (χ1) is 7.53. The quantitative estimate of drug-likeness (QED) is 0.785. The summed E-state index contributed by atoms with van der Waals surface area (Å²) in [6, 6.07) is 2.63. The Balaban J connectivity index is 3.51. The van der Waals surface area contributed by atoms with Gasteiger partial charge in [-0.3, -0.25) is 0 Å². The van der Waals surface area contributed by atoms with Crippen molar-refractivity contribution in [2.24, 2.45) is 0 Å². The van der Waals surface area contributed by atoms with Gasteiger partial charge in [-0.25, -0.2) is 8.42 Å². The molecule has 0 amide bonds. The molecule has 0 saturated carbocycles. The third-order valence-corrected chi connectivity index (χ3v) is 3.39. The Morgan fingerprint density at radius 2 is 1.76 bits per heavy atom. The van der Waals surface area contributed by atoms with Crippen LogP contribution in [0.25, 0.3) is 0 Å². The zero-order valence-corrected chi connectivity index (χ0v) is 10.5. The van der Waals surface area contributed by atoms with Crippen molar-refractivity contribution in [1.29, 1.82) is 0 Å². The summed E-state index contributed by atoms with van der Waals surface area (Å²) in [4.78, 5) is 0.671. The second-order valence-corrected chi connectivity index (χ2v) is 6.07.